The molecule has 3 atom stereocenters. The summed E-state index contributed by atoms with van der Waals surface area (Å²) < 4.78 is 7.45. The molecule has 1 aromatic heterocycles. The Kier molecular flexibility index (Phi) is 6.04. The second-order valence-electron chi connectivity index (χ2n) is 7.68. The average molecular weight is 417 g/mol. The number of aromatic nitrogens is 2. The zero-order chi connectivity index (χ0) is 21.8. The molecule has 1 amide bonds. The van der Waals surface area contributed by atoms with Crippen LogP contribution in [0.4, 0.5) is 5.82 Å². The van der Waals surface area contributed by atoms with E-state index in [0.717, 1.165) is 0 Å². The van der Waals surface area contributed by atoms with E-state index in [0.29, 0.717) is 17.5 Å². The smallest absolute Gasteiger partial charge is 0.351 e. The number of Topliss-reactive ketones (excluding diaryl/α,β-unsaturated/α-hetero) is 1. The summed E-state index contributed by atoms with van der Waals surface area (Å²) in [6.45, 7) is 1.98. The number of ketones is 1. The standard InChI is InChI=1S/C24H23N3O4/c1-16-14-19(15-20(28)17-8-4-2-5-9-17)31-23(16)27-13-12-21(26-24(27)30)25-22(29)18-10-6-3-7-11-18/h2-13,16,19,23H,14-15H2,1H3,(H,25,26,29,30). The normalized spacial score (nSPS) is 20.4. The number of nitrogens with zero attached hydrogens (tertiary/aromatic N) is 2. The molecule has 2 heterocycles. The van der Waals surface area contributed by atoms with Crippen LogP contribution < -0.4 is 11.0 Å². The number of anilines is 1. The van der Waals surface area contributed by atoms with Crippen LogP contribution in [0, 0.1) is 5.92 Å². The lowest BCUT2D eigenvalue weighted by molar-refractivity contribution is -0.0137. The van der Waals surface area contributed by atoms with Crippen LogP contribution in [0.2, 0.25) is 0 Å². The van der Waals surface area contributed by atoms with Gasteiger partial charge in [-0.25, -0.2) is 4.79 Å². The number of amides is 1. The second-order valence-corrected chi connectivity index (χ2v) is 7.68. The van der Waals surface area contributed by atoms with Crippen LogP contribution in [-0.4, -0.2) is 27.3 Å². The summed E-state index contributed by atoms with van der Waals surface area (Å²) in [5.41, 5.74) is 0.615. The number of benzene rings is 2. The molecule has 3 unspecified atom stereocenters. The van der Waals surface area contributed by atoms with Crippen molar-refractivity contribution in [3.8, 4) is 0 Å². The number of carbonyl (C=O) groups excluding carboxylic acids is 2. The molecule has 4 rings (SSSR count). The zero-order valence-electron chi connectivity index (χ0n) is 17.1. The van der Waals surface area contributed by atoms with Gasteiger partial charge in [-0.15, -0.1) is 0 Å². The zero-order valence-corrected chi connectivity index (χ0v) is 17.1. The van der Waals surface area contributed by atoms with Crippen molar-refractivity contribution in [1.29, 1.82) is 0 Å². The number of hydrogen-bond acceptors (Lipinski definition) is 5. The quantitative estimate of drug-likeness (QED) is 0.618. The van der Waals surface area contributed by atoms with Gasteiger partial charge in [0.05, 0.1) is 6.10 Å². The van der Waals surface area contributed by atoms with Gasteiger partial charge in [-0.1, -0.05) is 55.5 Å². The number of carbonyl (C=O) groups is 2. The Balaban J connectivity index is 1.43. The minimum absolute atomic E-state index is 0.0166. The molecule has 1 aliphatic heterocycles. The van der Waals surface area contributed by atoms with Gasteiger partial charge >= 0.3 is 5.69 Å². The molecule has 0 radical (unpaired) electrons. The Bertz CT molecular complexity index is 1130. The van der Waals surface area contributed by atoms with Gasteiger partial charge in [0.2, 0.25) is 0 Å². The number of ether oxygens (including phenoxy) is 1. The van der Waals surface area contributed by atoms with Gasteiger partial charge in [-0.3, -0.25) is 14.2 Å². The summed E-state index contributed by atoms with van der Waals surface area (Å²) in [7, 11) is 0. The van der Waals surface area contributed by atoms with Gasteiger partial charge in [-0.2, -0.15) is 4.98 Å². The van der Waals surface area contributed by atoms with Crippen LogP contribution in [0.1, 0.15) is 46.7 Å². The molecule has 3 aromatic rings. The molecule has 31 heavy (non-hydrogen) atoms. The molecule has 1 N–H and O–H groups in total. The van der Waals surface area contributed by atoms with Crippen molar-refractivity contribution in [2.24, 2.45) is 5.92 Å². The Morgan fingerprint density at radius 3 is 2.32 bits per heavy atom. The number of rotatable bonds is 6. The van der Waals surface area contributed by atoms with Gasteiger partial charge in [0.25, 0.3) is 5.91 Å². The molecular formula is C24H23N3O4. The highest BCUT2D eigenvalue weighted by Crippen LogP contribution is 2.35. The molecule has 1 fully saturated rings. The highest BCUT2D eigenvalue weighted by molar-refractivity contribution is 6.03. The van der Waals surface area contributed by atoms with E-state index in [9.17, 15) is 14.4 Å². The molecule has 1 aliphatic rings. The summed E-state index contributed by atoms with van der Waals surface area (Å²) in [6.07, 6.45) is 1.73. The van der Waals surface area contributed by atoms with Gasteiger partial charge in [0.15, 0.2) is 5.78 Å². The molecule has 0 bridgehead atoms. The first-order valence-electron chi connectivity index (χ1n) is 10.2. The summed E-state index contributed by atoms with van der Waals surface area (Å²) in [4.78, 5) is 41.3. The third kappa shape index (κ3) is 4.78. The van der Waals surface area contributed by atoms with Crippen molar-refractivity contribution in [2.45, 2.75) is 32.1 Å². The number of nitrogens with one attached hydrogen (secondary N) is 1. The van der Waals surface area contributed by atoms with Crippen LogP contribution in [0.5, 0.6) is 0 Å². The lowest BCUT2D eigenvalue weighted by atomic mass is 10.00. The van der Waals surface area contributed by atoms with E-state index >= 15 is 0 Å². The largest absolute Gasteiger partial charge is 0.354 e. The summed E-state index contributed by atoms with van der Waals surface area (Å²) in [6, 6.07) is 19.4. The first-order chi connectivity index (χ1) is 15.0. The maximum absolute atomic E-state index is 12.6. The van der Waals surface area contributed by atoms with Crippen LogP contribution >= 0.6 is 0 Å². The highest BCUT2D eigenvalue weighted by Gasteiger charge is 2.35. The Morgan fingerprint density at radius 2 is 1.68 bits per heavy atom. The molecule has 7 nitrogen and oxygen atoms in total. The van der Waals surface area contributed by atoms with E-state index in [1.54, 1.807) is 48.7 Å². The van der Waals surface area contributed by atoms with E-state index in [4.69, 9.17) is 4.74 Å². The lowest BCUT2D eigenvalue weighted by Gasteiger charge is -2.18. The maximum Gasteiger partial charge on any atom is 0.351 e. The third-order valence-corrected chi connectivity index (χ3v) is 5.34. The molecule has 7 heteroatoms. The predicted octanol–water partition coefficient (Wildman–Crippen LogP) is 3.69. The minimum atomic E-state index is -0.516. The topological polar surface area (TPSA) is 90.3 Å². The summed E-state index contributed by atoms with van der Waals surface area (Å²) in [5.74, 6) is -0.104. The van der Waals surface area contributed by atoms with E-state index in [1.807, 2.05) is 31.2 Å². The molecular weight excluding hydrogens is 394 g/mol. The minimum Gasteiger partial charge on any atom is -0.354 e. The Hall–Kier alpha value is -3.58. The van der Waals surface area contributed by atoms with Crippen molar-refractivity contribution in [3.63, 3.8) is 0 Å². The summed E-state index contributed by atoms with van der Waals surface area (Å²) in [5, 5.41) is 2.63. The first-order valence-corrected chi connectivity index (χ1v) is 10.2. The van der Waals surface area contributed by atoms with Crippen molar-refractivity contribution < 1.29 is 14.3 Å². The van der Waals surface area contributed by atoms with Crippen LogP contribution in [0.25, 0.3) is 0 Å². The molecule has 0 aliphatic carbocycles. The Labute approximate surface area is 179 Å². The van der Waals surface area contributed by atoms with Gasteiger partial charge in [-0.05, 0) is 24.6 Å². The fraction of sp³-hybridized carbons (Fsp3) is 0.250. The SMILES string of the molecule is CC1CC(CC(=O)c2ccccc2)OC1n1ccc(NC(=O)c2ccccc2)nc1=O. The van der Waals surface area contributed by atoms with Crippen molar-refractivity contribution >= 4 is 17.5 Å². The third-order valence-electron chi connectivity index (χ3n) is 5.34. The van der Waals surface area contributed by atoms with Gasteiger partial charge in [0.1, 0.15) is 12.0 Å². The van der Waals surface area contributed by atoms with Crippen molar-refractivity contribution in [3.05, 3.63) is 94.5 Å². The van der Waals surface area contributed by atoms with E-state index < -0.39 is 11.9 Å². The number of hydrogen-bond donors (Lipinski definition) is 1. The molecule has 1 saturated heterocycles. The first kappa shape index (κ1) is 20.7. The van der Waals surface area contributed by atoms with Gasteiger partial charge < -0.3 is 10.1 Å². The lowest BCUT2D eigenvalue weighted by Crippen LogP contribution is -2.30. The van der Waals surface area contributed by atoms with Gasteiger partial charge in [0, 0.05) is 29.7 Å². The molecule has 0 saturated carbocycles. The van der Waals surface area contributed by atoms with E-state index in [1.165, 1.54) is 4.57 Å². The fourth-order valence-electron chi connectivity index (χ4n) is 3.79. The van der Waals surface area contributed by atoms with E-state index in [2.05, 4.69) is 10.3 Å². The Morgan fingerprint density at radius 1 is 1.03 bits per heavy atom. The fourth-order valence-corrected chi connectivity index (χ4v) is 3.79. The maximum atomic E-state index is 12.6. The molecule has 0 spiro atoms. The van der Waals surface area contributed by atoms with Crippen LogP contribution in [0.15, 0.2) is 77.7 Å². The van der Waals surface area contributed by atoms with Crippen LogP contribution in [-0.2, 0) is 4.74 Å². The average Bonchev–Trinajstić information content (AvgIpc) is 3.14. The molecule has 2 aromatic carbocycles. The monoisotopic (exact) mass is 417 g/mol. The highest BCUT2D eigenvalue weighted by atomic mass is 16.5. The predicted molar refractivity (Wildman–Crippen MR) is 116 cm³/mol. The molecule has 158 valence electrons. The summed E-state index contributed by atoms with van der Waals surface area (Å²) >= 11 is 0. The van der Waals surface area contributed by atoms with E-state index in [-0.39, 0.29) is 36.0 Å². The van der Waals surface area contributed by atoms with Crippen LogP contribution in [0.3, 0.4) is 0 Å². The van der Waals surface area contributed by atoms with Crippen molar-refractivity contribution in [2.75, 3.05) is 5.32 Å². The second kappa shape index (κ2) is 9.06. The van der Waals surface area contributed by atoms with Crippen molar-refractivity contribution in [1.82, 2.24) is 9.55 Å².